The number of hydrogen-bond donors (Lipinski definition) is 1. The predicted molar refractivity (Wildman–Crippen MR) is 67.0 cm³/mol. The van der Waals surface area contributed by atoms with Gasteiger partial charge in [0.15, 0.2) is 0 Å². The molecule has 0 aliphatic rings. The third kappa shape index (κ3) is 3.91. The van der Waals surface area contributed by atoms with Crippen LogP contribution in [0.3, 0.4) is 0 Å². The molecule has 0 aliphatic carbocycles. The second-order valence-corrected chi connectivity index (χ2v) is 4.84. The average molecular weight is 294 g/mol. The fraction of sp³-hybridized carbons (Fsp3) is 0.400. The summed E-state index contributed by atoms with van der Waals surface area (Å²) in [4.78, 5) is 0. The number of benzene rings is 1. The second kappa shape index (κ2) is 6.23. The van der Waals surface area contributed by atoms with E-state index in [9.17, 15) is 4.39 Å². The van der Waals surface area contributed by atoms with Gasteiger partial charge in [0, 0.05) is 6.07 Å². The highest BCUT2D eigenvalue weighted by molar-refractivity contribution is 9.10. The van der Waals surface area contributed by atoms with Gasteiger partial charge >= 0.3 is 0 Å². The standard InChI is InChI=1S/C10H13BrFNOS/c1-15-4-2-3-14-10-6-8(12)7(11)5-9(10)13/h5-6H,2-4,13H2,1H3. The zero-order chi connectivity index (χ0) is 11.3. The molecule has 0 aromatic heterocycles. The van der Waals surface area contributed by atoms with Crippen molar-refractivity contribution >= 4 is 33.4 Å². The summed E-state index contributed by atoms with van der Waals surface area (Å²) in [6.07, 6.45) is 2.96. The molecule has 2 N–H and O–H groups in total. The molecule has 0 unspecified atom stereocenters. The first-order chi connectivity index (χ1) is 7.15. The first kappa shape index (κ1) is 12.6. The Morgan fingerprint density at radius 2 is 2.27 bits per heavy atom. The summed E-state index contributed by atoms with van der Waals surface area (Å²) in [6, 6.07) is 2.82. The van der Waals surface area contributed by atoms with Crippen molar-refractivity contribution in [3.05, 3.63) is 22.4 Å². The Labute approximate surface area is 102 Å². The van der Waals surface area contributed by atoms with Crippen LogP contribution in [0.25, 0.3) is 0 Å². The van der Waals surface area contributed by atoms with Gasteiger partial charge in [-0.25, -0.2) is 4.39 Å². The number of hydrogen-bond acceptors (Lipinski definition) is 3. The van der Waals surface area contributed by atoms with E-state index in [1.165, 1.54) is 12.1 Å². The maximum Gasteiger partial charge on any atom is 0.145 e. The van der Waals surface area contributed by atoms with Gasteiger partial charge in [0.05, 0.1) is 16.8 Å². The van der Waals surface area contributed by atoms with Crippen LogP contribution in [-0.4, -0.2) is 18.6 Å². The van der Waals surface area contributed by atoms with Crippen LogP contribution in [0, 0.1) is 5.82 Å². The van der Waals surface area contributed by atoms with Crippen LogP contribution < -0.4 is 10.5 Å². The molecule has 0 radical (unpaired) electrons. The van der Waals surface area contributed by atoms with Crippen LogP contribution >= 0.6 is 27.7 Å². The zero-order valence-corrected chi connectivity index (χ0v) is 10.8. The molecule has 0 atom stereocenters. The molecule has 0 heterocycles. The van der Waals surface area contributed by atoms with E-state index in [-0.39, 0.29) is 5.82 Å². The Balaban J connectivity index is 2.57. The van der Waals surface area contributed by atoms with Crippen molar-refractivity contribution in [3.63, 3.8) is 0 Å². The monoisotopic (exact) mass is 293 g/mol. The lowest BCUT2D eigenvalue weighted by Gasteiger charge is -2.09. The van der Waals surface area contributed by atoms with Crippen LogP contribution in [-0.2, 0) is 0 Å². The van der Waals surface area contributed by atoms with Gasteiger partial charge in [0.2, 0.25) is 0 Å². The maximum absolute atomic E-state index is 13.1. The second-order valence-electron chi connectivity index (χ2n) is 3.00. The highest BCUT2D eigenvalue weighted by Crippen LogP contribution is 2.28. The largest absolute Gasteiger partial charge is 0.491 e. The van der Waals surface area contributed by atoms with E-state index in [0.29, 0.717) is 22.5 Å². The molecule has 0 spiro atoms. The average Bonchev–Trinajstić information content (AvgIpc) is 2.20. The van der Waals surface area contributed by atoms with E-state index < -0.39 is 0 Å². The Morgan fingerprint density at radius 3 is 2.93 bits per heavy atom. The molecule has 1 rings (SSSR count). The summed E-state index contributed by atoms with van der Waals surface area (Å²) in [5.41, 5.74) is 6.13. The van der Waals surface area contributed by atoms with E-state index >= 15 is 0 Å². The number of nitrogen functional groups attached to an aromatic ring is 1. The maximum atomic E-state index is 13.1. The SMILES string of the molecule is CSCCCOc1cc(F)c(Br)cc1N. The number of thioether (sulfide) groups is 1. The first-order valence-electron chi connectivity index (χ1n) is 4.51. The van der Waals surface area contributed by atoms with E-state index in [1.807, 2.05) is 6.26 Å². The molecular weight excluding hydrogens is 281 g/mol. The van der Waals surface area contributed by atoms with Gasteiger partial charge in [-0.3, -0.25) is 0 Å². The van der Waals surface area contributed by atoms with Crippen molar-refractivity contribution in [2.45, 2.75) is 6.42 Å². The van der Waals surface area contributed by atoms with E-state index in [4.69, 9.17) is 10.5 Å². The fourth-order valence-corrected chi connectivity index (χ4v) is 1.82. The molecular formula is C10H13BrFNOS. The van der Waals surface area contributed by atoms with Gasteiger partial charge in [-0.05, 0) is 40.4 Å². The lowest BCUT2D eigenvalue weighted by atomic mass is 10.3. The number of rotatable bonds is 5. The summed E-state index contributed by atoms with van der Waals surface area (Å²) >= 11 is 4.81. The minimum atomic E-state index is -0.357. The third-order valence-electron chi connectivity index (χ3n) is 1.80. The number of anilines is 1. The molecule has 0 bridgehead atoms. The van der Waals surface area contributed by atoms with Crippen LogP contribution in [0.15, 0.2) is 16.6 Å². The molecule has 15 heavy (non-hydrogen) atoms. The predicted octanol–water partition coefficient (Wildman–Crippen LogP) is 3.30. The van der Waals surface area contributed by atoms with Crippen molar-refractivity contribution in [1.82, 2.24) is 0 Å². The minimum absolute atomic E-state index is 0.357. The third-order valence-corrected chi connectivity index (χ3v) is 3.11. The van der Waals surface area contributed by atoms with E-state index in [1.54, 1.807) is 11.8 Å². The van der Waals surface area contributed by atoms with E-state index in [0.717, 1.165) is 12.2 Å². The van der Waals surface area contributed by atoms with Gasteiger partial charge in [0.25, 0.3) is 0 Å². The highest BCUT2D eigenvalue weighted by atomic mass is 79.9. The lowest BCUT2D eigenvalue weighted by Crippen LogP contribution is -2.02. The summed E-state index contributed by atoms with van der Waals surface area (Å²) < 4.78 is 18.9. The Kier molecular flexibility index (Phi) is 5.25. The van der Waals surface area contributed by atoms with Crippen LogP contribution in [0.5, 0.6) is 5.75 Å². The highest BCUT2D eigenvalue weighted by Gasteiger charge is 2.06. The molecule has 84 valence electrons. The van der Waals surface area contributed by atoms with Crippen molar-refractivity contribution in [3.8, 4) is 5.75 Å². The van der Waals surface area contributed by atoms with E-state index in [2.05, 4.69) is 15.9 Å². The molecule has 0 amide bonds. The Bertz CT molecular complexity index is 335. The normalized spacial score (nSPS) is 10.3. The summed E-state index contributed by atoms with van der Waals surface area (Å²) in [5, 5.41) is 0. The molecule has 5 heteroatoms. The molecule has 1 aromatic rings. The number of halogens is 2. The van der Waals surface area contributed by atoms with Crippen molar-refractivity contribution in [2.24, 2.45) is 0 Å². The molecule has 2 nitrogen and oxygen atoms in total. The first-order valence-corrected chi connectivity index (χ1v) is 6.70. The van der Waals surface area contributed by atoms with Crippen molar-refractivity contribution in [1.29, 1.82) is 0 Å². The van der Waals surface area contributed by atoms with Gasteiger partial charge in [-0.15, -0.1) is 0 Å². The Morgan fingerprint density at radius 1 is 1.53 bits per heavy atom. The van der Waals surface area contributed by atoms with Gasteiger partial charge in [-0.2, -0.15) is 11.8 Å². The summed E-state index contributed by atoms with van der Waals surface area (Å²) in [6.45, 7) is 0.562. The van der Waals surface area contributed by atoms with Crippen molar-refractivity contribution in [2.75, 3.05) is 24.3 Å². The molecule has 0 fully saturated rings. The van der Waals surface area contributed by atoms with Gasteiger partial charge in [-0.1, -0.05) is 0 Å². The molecule has 1 aromatic carbocycles. The summed E-state index contributed by atoms with van der Waals surface area (Å²) in [7, 11) is 0. The van der Waals surface area contributed by atoms with Gasteiger partial charge in [0.1, 0.15) is 11.6 Å². The van der Waals surface area contributed by atoms with Crippen molar-refractivity contribution < 1.29 is 9.13 Å². The number of ether oxygens (including phenoxy) is 1. The topological polar surface area (TPSA) is 35.2 Å². The quantitative estimate of drug-likeness (QED) is 0.668. The summed E-state index contributed by atoms with van der Waals surface area (Å²) in [5.74, 6) is 1.08. The zero-order valence-electron chi connectivity index (χ0n) is 8.43. The molecule has 0 saturated carbocycles. The van der Waals surface area contributed by atoms with Crippen LogP contribution in [0.1, 0.15) is 6.42 Å². The Hall–Kier alpha value is -0.420. The lowest BCUT2D eigenvalue weighted by molar-refractivity contribution is 0.318. The van der Waals surface area contributed by atoms with Gasteiger partial charge < -0.3 is 10.5 Å². The van der Waals surface area contributed by atoms with Crippen LogP contribution in [0.4, 0.5) is 10.1 Å². The fourth-order valence-electron chi connectivity index (χ4n) is 1.05. The molecule has 0 saturated heterocycles. The molecule has 0 aliphatic heterocycles. The number of nitrogens with two attached hydrogens (primary N) is 1. The smallest absolute Gasteiger partial charge is 0.145 e. The van der Waals surface area contributed by atoms with Crippen LogP contribution in [0.2, 0.25) is 0 Å². The minimum Gasteiger partial charge on any atom is -0.491 e.